The van der Waals surface area contributed by atoms with Crippen LogP contribution in [0.25, 0.3) is 0 Å². The van der Waals surface area contributed by atoms with E-state index in [-0.39, 0.29) is 25.2 Å². The predicted octanol–water partition coefficient (Wildman–Crippen LogP) is 2.92. The summed E-state index contributed by atoms with van der Waals surface area (Å²) in [5.74, 6) is -7.54. The van der Waals surface area contributed by atoms with Gasteiger partial charge in [-0.05, 0) is 77.1 Å². The highest BCUT2D eigenvalue weighted by atomic mass is 32.2. The Hall–Kier alpha value is -7.16. The molecule has 412 valence electrons. The molecule has 74 heavy (non-hydrogen) atoms. The number of hydrogen-bond donors (Lipinski definition) is 8. The smallest absolute Gasteiger partial charge is 0.328 e. The minimum atomic E-state index is -3.39. The SMILES string of the molecule is CCN(CC)CCNC(=O)N1CCC(S(=O)(=O)c2ccc(C)cc2)C1.CCN(CC)CCNC(=O)N1CCC(S(=O)(=O)c2ccc(C)cc2)C1.O=C(O)C=CC(=O)O.O=C(O)C=CC(=O)O.O=C(O)C=CC(=O)O. The number of carboxylic acid groups (broad SMARTS) is 6. The highest BCUT2D eigenvalue weighted by Crippen LogP contribution is 2.25. The van der Waals surface area contributed by atoms with Crippen LogP contribution in [0.5, 0.6) is 0 Å². The van der Waals surface area contributed by atoms with Crippen LogP contribution < -0.4 is 10.6 Å². The molecule has 2 unspecified atom stereocenters. The van der Waals surface area contributed by atoms with E-state index < -0.39 is 66.0 Å². The quantitative estimate of drug-likeness (QED) is 0.0884. The summed E-state index contributed by atoms with van der Waals surface area (Å²) in [6.45, 7) is 20.2. The first-order valence-electron chi connectivity index (χ1n) is 23.2. The van der Waals surface area contributed by atoms with Crippen molar-refractivity contribution in [1.29, 1.82) is 0 Å². The van der Waals surface area contributed by atoms with Crippen molar-refractivity contribution in [2.75, 3.05) is 78.5 Å². The number of carboxylic acids is 6. The second-order valence-corrected chi connectivity index (χ2v) is 20.4. The summed E-state index contributed by atoms with van der Waals surface area (Å²) >= 11 is 0. The van der Waals surface area contributed by atoms with E-state index in [0.29, 0.717) is 85.3 Å². The number of carbonyl (C=O) groups excluding carboxylic acids is 2. The number of likely N-dealkylation sites (N-methyl/N-ethyl adjacent to an activating group) is 2. The molecule has 8 N–H and O–H groups in total. The Labute approximate surface area is 431 Å². The number of aryl methyl sites for hydroxylation is 2. The number of amides is 4. The van der Waals surface area contributed by atoms with Crippen molar-refractivity contribution in [3.05, 3.63) is 96.1 Å². The van der Waals surface area contributed by atoms with Crippen molar-refractivity contribution < 1.29 is 85.8 Å². The van der Waals surface area contributed by atoms with Gasteiger partial charge in [-0.3, -0.25) is 0 Å². The minimum absolute atomic E-state index is 0.172. The van der Waals surface area contributed by atoms with Crippen LogP contribution in [-0.4, -0.2) is 204 Å². The third-order valence-electron chi connectivity index (χ3n) is 10.7. The molecule has 2 saturated heterocycles. The molecule has 4 amide bonds. The van der Waals surface area contributed by atoms with Gasteiger partial charge >= 0.3 is 47.9 Å². The van der Waals surface area contributed by atoms with E-state index in [1.54, 1.807) is 58.3 Å². The van der Waals surface area contributed by atoms with E-state index >= 15 is 0 Å². The lowest BCUT2D eigenvalue weighted by Crippen LogP contribution is -2.42. The second kappa shape index (κ2) is 35.1. The third kappa shape index (κ3) is 27.6. The number of sulfone groups is 2. The third-order valence-corrected chi connectivity index (χ3v) is 15.1. The fourth-order valence-corrected chi connectivity index (χ4v) is 9.93. The molecule has 0 bridgehead atoms. The number of aliphatic carboxylic acids is 6. The summed E-state index contributed by atoms with van der Waals surface area (Å²) in [5, 5.41) is 51.6. The van der Waals surface area contributed by atoms with E-state index in [0.717, 1.165) is 50.4 Å². The molecule has 2 aliphatic rings. The highest BCUT2D eigenvalue weighted by molar-refractivity contribution is 7.92. The van der Waals surface area contributed by atoms with Gasteiger partial charge in [-0.25, -0.2) is 55.2 Å². The predicted molar refractivity (Wildman–Crippen MR) is 272 cm³/mol. The molecule has 0 aromatic heterocycles. The molecule has 2 fully saturated rings. The molecule has 2 heterocycles. The van der Waals surface area contributed by atoms with Crippen LogP contribution in [0.1, 0.15) is 51.7 Å². The number of urea groups is 2. The number of rotatable bonds is 20. The van der Waals surface area contributed by atoms with Crippen molar-refractivity contribution in [3.63, 3.8) is 0 Å². The summed E-state index contributed by atoms with van der Waals surface area (Å²) < 4.78 is 50.9. The van der Waals surface area contributed by atoms with Gasteiger partial charge < -0.3 is 60.9 Å². The summed E-state index contributed by atoms with van der Waals surface area (Å²) in [5.41, 5.74) is 2.05. The Morgan fingerprint density at radius 2 is 0.730 bits per heavy atom. The molecule has 4 rings (SSSR count). The fraction of sp³-hybridized carbons (Fsp3) is 0.458. The van der Waals surface area contributed by atoms with E-state index in [2.05, 4.69) is 48.1 Å². The van der Waals surface area contributed by atoms with Gasteiger partial charge in [0.2, 0.25) is 0 Å². The van der Waals surface area contributed by atoms with Gasteiger partial charge in [-0.1, -0.05) is 63.1 Å². The van der Waals surface area contributed by atoms with Crippen molar-refractivity contribution in [1.82, 2.24) is 30.2 Å². The average molecular weight is 1080 g/mol. The number of likely N-dealkylation sites (tertiary alicyclic amines) is 2. The maximum atomic E-state index is 12.7. The Balaban J connectivity index is 0.00000101. The molecule has 0 spiro atoms. The lowest BCUT2D eigenvalue weighted by Gasteiger charge is -2.21. The van der Waals surface area contributed by atoms with Crippen molar-refractivity contribution >= 4 is 67.6 Å². The Morgan fingerprint density at radius 3 is 0.946 bits per heavy atom. The largest absolute Gasteiger partial charge is 0.478 e. The molecule has 0 aliphatic carbocycles. The molecule has 26 heteroatoms. The Bertz CT molecular complexity index is 2210. The van der Waals surface area contributed by atoms with E-state index in [9.17, 15) is 55.2 Å². The first-order valence-corrected chi connectivity index (χ1v) is 26.3. The van der Waals surface area contributed by atoms with Crippen LogP contribution >= 0.6 is 0 Å². The van der Waals surface area contributed by atoms with Crippen LogP contribution in [0, 0.1) is 13.8 Å². The van der Waals surface area contributed by atoms with Crippen LogP contribution in [0.15, 0.2) is 94.8 Å². The number of benzene rings is 2. The summed E-state index contributed by atoms with van der Waals surface area (Å²) in [6, 6.07) is 13.5. The zero-order chi connectivity index (χ0) is 56.6. The van der Waals surface area contributed by atoms with Crippen LogP contribution in [0.3, 0.4) is 0 Å². The van der Waals surface area contributed by atoms with Gasteiger partial charge in [0.25, 0.3) is 0 Å². The molecular weight excluding hydrogens is 1010 g/mol. The van der Waals surface area contributed by atoms with Crippen molar-refractivity contribution in [2.45, 2.75) is 74.7 Å². The fourth-order valence-electron chi connectivity index (χ4n) is 6.55. The zero-order valence-electron chi connectivity index (χ0n) is 42.3. The van der Waals surface area contributed by atoms with E-state index in [4.69, 9.17) is 30.6 Å². The van der Waals surface area contributed by atoms with Crippen molar-refractivity contribution in [2.24, 2.45) is 0 Å². The normalized spacial score (nSPS) is 15.2. The van der Waals surface area contributed by atoms with Crippen LogP contribution in [0.2, 0.25) is 0 Å². The number of carbonyl (C=O) groups is 8. The van der Waals surface area contributed by atoms with Crippen LogP contribution in [0.4, 0.5) is 9.59 Å². The Kier molecular flexibility index (Phi) is 31.7. The highest BCUT2D eigenvalue weighted by Gasteiger charge is 2.37. The monoisotopic (exact) mass is 1080 g/mol. The lowest BCUT2D eigenvalue weighted by atomic mass is 10.2. The van der Waals surface area contributed by atoms with Gasteiger partial charge in [-0.15, -0.1) is 0 Å². The molecule has 24 nitrogen and oxygen atoms in total. The second-order valence-electron chi connectivity index (χ2n) is 16.0. The topological polar surface area (TPSA) is 363 Å². The summed E-state index contributed by atoms with van der Waals surface area (Å²) in [7, 11) is -6.79. The number of hydrogen-bond acceptors (Lipinski definition) is 14. The molecule has 2 aromatic carbocycles. The van der Waals surface area contributed by atoms with Gasteiger partial charge in [0.05, 0.1) is 20.3 Å². The maximum Gasteiger partial charge on any atom is 0.328 e. The zero-order valence-corrected chi connectivity index (χ0v) is 44.0. The standard InChI is InChI=1S/2C18H29N3O3S.3C4H4O4/c2*1-4-20(5-2)13-11-19-18(22)21-12-10-17(14-21)25(23,24)16-8-6-15(3)7-9-16;3*5-3(6)1-2-4(7)8/h2*6-9,17H,4-5,10-14H2,1-3H3,(H,19,22);3*1-2H,(H,5,6)(H,7,8). The van der Waals surface area contributed by atoms with Gasteiger partial charge in [-0.2, -0.15) is 0 Å². The Morgan fingerprint density at radius 1 is 0.486 bits per heavy atom. The first-order chi connectivity index (χ1) is 34.6. The van der Waals surface area contributed by atoms with Gasteiger partial charge in [0, 0.05) is 88.8 Å². The van der Waals surface area contributed by atoms with Gasteiger partial charge in [0.1, 0.15) is 0 Å². The molecule has 2 aromatic rings. The van der Waals surface area contributed by atoms with Crippen LogP contribution in [-0.2, 0) is 48.4 Å². The van der Waals surface area contributed by atoms with Crippen molar-refractivity contribution in [3.8, 4) is 0 Å². The lowest BCUT2D eigenvalue weighted by molar-refractivity contribution is -0.134. The summed E-state index contributed by atoms with van der Waals surface area (Å²) in [4.78, 5) is 90.2. The molecule has 0 radical (unpaired) electrons. The first kappa shape index (κ1) is 66.8. The molecule has 0 saturated carbocycles. The maximum absolute atomic E-state index is 12.7. The molecular formula is C48H70N6O18S2. The number of nitrogens with one attached hydrogen (secondary N) is 2. The molecule has 2 atom stereocenters. The average Bonchev–Trinajstić information content (AvgIpc) is 4.07. The van der Waals surface area contributed by atoms with Gasteiger partial charge in [0.15, 0.2) is 19.7 Å². The van der Waals surface area contributed by atoms with E-state index in [1.165, 1.54) is 0 Å². The summed E-state index contributed by atoms with van der Waals surface area (Å²) in [6.07, 6.45) is 4.32. The number of nitrogens with zero attached hydrogens (tertiary/aromatic N) is 4. The van der Waals surface area contributed by atoms with E-state index in [1.807, 2.05) is 13.8 Å². The molecule has 2 aliphatic heterocycles. The minimum Gasteiger partial charge on any atom is -0.478 e.